The number of amides is 2. The van der Waals surface area contributed by atoms with Gasteiger partial charge < -0.3 is 15.7 Å². The molecule has 0 aromatic heterocycles. The predicted octanol–water partition coefficient (Wildman–Crippen LogP) is 2.09. The lowest BCUT2D eigenvalue weighted by Crippen LogP contribution is -2.34. The Morgan fingerprint density at radius 1 is 1.30 bits per heavy atom. The number of urea groups is 1. The Bertz CT molecular complexity index is 493. The summed E-state index contributed by atoms with van der Waals surface area (Å²) in [4.78, 5) is 11.8. The summed E-state index contributed by atoms with van der Waals surface area (Å²) in [6, 6.07) is 8.50. The van der Waals surface area contributed by atoms with E-state index in [-0.39, 0.29) is 12.6 Å². The van der Waals surface area contributed by atoms with Gasteiger partial charge in [-0.15, -0.1) is 0 Å². The molecule has 0 radical (unpaired) electrons. The Morgan fingerprint density at radius 3 is 2.65 bits per heavy atom. The zero-order chi connectivity index (χ0) is 14.4. The minimum Gasteiger partial charge on any atom is -0.396 e. The lowest BCUT2D eigenvalue weighted by Gasteiger charge is -2.18. The van der Waals surface area contributed by atoms with Gasteiger partial charge in [0.15, 0.2) is 0 Å². The number of benzene rings is 1. The summed E-state index contributed by atoms with van der Waals surface area (Å²) in [5, 5.41) is 23.5. The van der Waals surface area contributed by atoms with Crippen LogP contribution in [0.3, 0.4) is 0 Å². The average Bonchev–Trinajstić information content (AvgIpc) is 2.93. The smallest absolute Gasteiger partial charge is 0.319 e. The molecule has 2 atom stereocenters. The number of rotatable bonds is 4. The molecular formula is C15H19N3O2. The Morgan fingerprint density at radius 2 is 2.00 bits per heavy atom. The van der Waals surface area contributed by atoms with Crippen molar-refractivity contribution in [3.63, 3.8) is 0 Å². The number of nitrogens with one attached hydrogen (secondary N) is 2. The van der Waals surface area contributed by atoms with Crippen molar-refractivity contribution in [1.82, 2.24) is 5.32 Å². The van der Waals surface area contributed by atoms with Crippen molar-refractivity contribution in [2.45, 2.75) is 19.3 Å². The van der Waals surface area contributed by atoms with Crippen LogP contribution in [-0.4, -0.2) is 24.3 Å². The first kappa shape index (κ1) is 14.4. The molecule has 0 aliphatic heterocycles. The highest BCUT2D eigenvalue weighted by molar-refractivity contribution is 5.89. The van der Waals surface area contributed by atoms with Crippen molar-refractivity contribution in [3.05, 3.63) is 29.8 Å². The van der Waals surface area contributed by atoms with Crippen LogP contribution in [-0.2, 0) is 0 Å². The second kappa shape index (κ2) is 6.92. The van der Waals surface area contributed by atoms with Gasteiger partial charge in [0.2, 0.25) is 0 Å². The Balaban J connectivity index is 1.79. The van der Waals surface area contributed by atoms with Crippen molar-refractivity contribution in [2.24, 2.45) is 11.8 Å². The van der Waals surface area contributed by atoms with Crippen LogP contribution in [0.25, 0.3) is 0 Å². The van der Waals surface area contributed by atoms with E-state index in [1.54, 1.807) is 24.3 Å². The molecule has 1 fully saturated rings. The van der Waals surface area contributed by atoms with E-state index in [9.17, 15) is 9.90 Å². The molecular weight excluding hydrogens is 254 g/mol. The van der Waals surface area contributed by atoms with E-state index in [4.69, 9.17) is 5.26 Å². The maximum Gasteiger partial charge on any atom is 0.319 e. The molecule has 2 unspecified atom stereocenters. The molecule has 1 aliphatic carbocycles. The van der Waals surface area contributed by atoms with Crippen LogP contribution in [0.5, 0.6) is 0 Å². The lowest BCUT2D eigenvalue weighted by molar-refractivity contribution is 0.192. The van der Waals surface area contributed by atoms with Crippen LogP contribution in [0.2, 0.25) is 0 Å². The molecule has 1 aromatic rings. The third kappa shape index (κ3) is 3.72. The SMILES string of the molecule is N#Cc1ccc(NC(=O)NCC2CCCC2CO)cc1. The van der Waals surface area contributed by atoms with Gasteiger partial charge in [-0.25, -0.2) is 4.79 Å². The van der Waals surface area contributed by atoms with E-state index < -0.39 is 0 Å². The quantitative estimate of drug-likeness (QED) is 0.785. The van der Waals surface area contributed by atoms with E-state index in [0.29, 0.717) is 29.6 Å². The highest BCUT2D eigenvalue weighted by Gasteiger charge is 2.26. The second-order valence-corrected chi connectivity index (χ2v) is 5.16. The van der Waals surface area contributed by atoms with Crippen molar-refractivity contribution >= 4 is 11.7 Å². The van der Waals surface area contributed by atoms with E-state index in [2.05, 4.69) is 10.6 Å². The molecule has 0 saturated heterocycles. The number of aliphatic hydroxyl groups is 1. The molecule has 2 rings (SSSR count). The van der Waals surface area contributed by atoms with Crippen molar-refractivity contribution < 1.29 is 9.90 Å². The Hall–Kier alpha value is -2.06. The average molecular weight is 273 g/mol. The van der Waals surface area contributed by atoms with Crippen molar-refractivity contribution in [3.8, 4) is 6.07 Å². The molecule has 0 spiro atoms. The van der Waals surface area contributed by atoms with Crippen molar-refractivity contribution in [2.75, 3.05) is 18.5 Å². The standard InChI is InChI=1S/C15H19N3O2/c16-8-11-4-6-14(7-5-11)18-15(20)17-9-12-2-1-3-13(12)10-19/h4-7,12-13,19H,1-3,9-10H2,(H2,17,18,20). The molecule has 5 heteroatoms. The maximum atomic E-state index is 11.8. The van der Waals surface area contributed by atoms with Crippen LogP contribution in [0, 0.1) is 23.2 Å². The summed E-state index contributed by atoms with van der Waals surface area (Å²) in [5.74, 6) is 0.678. The normalized spacial score (nSPS) is 21.2. The molecule has 5 nitrogen and oxygen atoms in total. The van der Waals surface area contributed by atoms with Crippen LogP contribution in [0.4, 0.5) is 10.5 Å². The number of carbonyl (C=O) groups is 1. The largest absolute Gasteiger partial charge is 0.396 e. The maximum absolute atomic E-state index is 11.8. The molecule has 0 heterocycles. The summed E-state index contributed by atoms with van der Waals surface area (Å²) in [7, 11) is 0. The summed E-state index contributed by atoms with van der Waals surface area (Å²) in [5.41, 5.74) is 1.22. The number of carbonyl (C=O) groups excluding carboxylic acids is 1. The highest BCUT2D eigenvalue weighted by Crippen LogP contribution is 2.30. The van der Waals surface area contributed by atoms with Gasteiger partial charge in [0.05, 0.1) is 11.6 Å². The highest BCUT2D eigenvalue weighted by atomic mass is 16.3. The third-order valence-corrected chi connectivity index (χ3v) is 3.85. The number of nitrogens with zero attached hydrogens (tertiary/aromatic N) is 1. The van der Waals surface area contributed by atoms with E-state index in [1.807, 2.05) is 6.07 Å². The fourth-order valence-electron chi connectivity index (χ4n) is 2.65. The van der Waals surface area contributed by atoms with Gasteiger partial charge in [0.25, 0.3) is 0 Å². The number of hydrogen-bond acceptors (Lipinski definition) is 3. The van der Waals surface area contributed by atoms with Gasteiger partial charge in [0, 0.05) is 18.8 Å². The molecule has 2 amide bonds. The van der Waals surface area contributed by atoms with Gasteiger partial charge >= 0.3 is 6.03 Å². The lowest BCUT2D eigenvalue weighted by atomic mass is 9.97. The zero-order valence-corrected chi connectivity index (χ0v) is 11.3. The molecule has 20 heavy (non-hydrogen) atoms. The monoisotopic (exact) mass is 273 g/mol. The topological polar surface area (TPSA) is 85.2 Å². The Labute approximate surface area is 118 Å². The summed E-state index contributed by atoms with van der Waals surface area (Å²) >= 11 is 0. The van der Waals surface area contributed by atoms with Crippen LogP contribution < -0.4 is 10.6 Å². The fourth-order valence-corrected chi connectivity index (χ4v) is 2.65. The summed E-state index contributed by atoms with van der Waals surface area (Å²) in [6.45, 7) is 0.789. The van der Waals surface area contributed by atoms with Gasteiger partial charge in [0.1, 0.15) is 0 Å². The first-order chi connectivity index (χ1) is 9.72. The van der Waals surface area contributed by atoms with Gasteiger partial charge in [-0.1, -0.05) is 6.42 Å². The molecule has 3 N–H and O–H groups in total. The van der Waals surface area contributed by atoms with E-state index in [0.717, 1.165) is 19.3 Å². The first-order valence-corrected chi connectivity index (χ1v) is 6.89. The number of hydrogen-bond donors (Lipinski definition) is 3. The number of aliphatic hydroxyl groups excluding tert-OH is 1. The van der Waals surface area contributed by atoms with Crippen LogP contribution in [0.1, 0.15) is 24.8 Å². The predicted molar refractivity (Wildman–Crippen MR) is 76.1 cm³/mol. The fraction of sp³-hybridized carbons (Fsp3) is 0.467. The molecule has 106 valence electrons. The van der Waals surface area contributed by atoms with Crippen LogP contribution >= 0.6 is 0 Å². The molecule has 1 aromatic carbocycles. The molecule has 1 saturated carbocycles. The minimum atomic E-state index is -0.252. The zero-order valence-electron chi connectivity index (χ0n) is 11.3. The molecule has 1 aliphatic rings. The first-order valence-electron chi connectivity index (χ1n) is 6.89. The van der Waals surface area contributed by atoms with E-state index in [1.165, 1.54) is 0 Å². The number of nitriles is 1. The second-order valence-electron chi connectivity index (χ2n) is 5.16. The summed E-state index contributed by atoms with van der Waals surface area (Å²) in [6.07, 6.45) is 3.22. The van der Waals surface area contributed by atoms with Crippen molar-refractivity contribution in [1.29, 1.82) is 5.26 Å². The van der Waals surface area contributed by atoms with Gasteiger partial charge in [-0.2, -0.15) is 5.26 Å². The third-order valence-electron chi connectivity index (χ3n) is 3.85. The van der Waals surface area contributed by atoms with Crippen LogP contribution in [0.15, 0.2) is 24.3 Å². The number of anilines is 1. The van der Waals surface area contributed by atoms with E-state index >= 15 is 0 Å². The van der Waals surface area contributed by atoms with Gasteiger partial charge in [-0.05, 0) is 48.9 Å². The Kier molecular flexibility index (Phi) is 4.97. The minimum absolute atomic E-state index is 0.198. The van der Waals surface area contributed by atoms with Gasteiger partial charge in [-0.3, -0.25) is 0 Å². The summed E-state index contributed by atoms with van der Waals surface area (Å²) < 4.78 is 0. The molecule has 0 bridgehead atoms.